The van der Waals surface area contributed by atoms with E-state index in [-0.39, 0.29) is 5.91 Å². The van der Waals surface area contributed by atoms with E-state index in [0.29, 0.717) is 17.9 Å². The Hall–Kier alpha value is -2.99. The molecule has 0 radical (unpaired) electrons. The summed E-state index contributed by atoms with van der Waals surface area (Å²) in [6, 6.07) is 15.8. The zero-order valence-corrected chi connectivity index (χ0v) is 15.2. The number of hydrogen-bond donors (Lipinski definition) is 2. The van der Waals surface area contributed by atoms with Crippen LogP contribution >= 0.6 is 0 Å². The Morgan fingerprint density at radius 3 is 2.41 bits per heavy atom. The highest BCUT2D eigenvalue weighted by Gasteiger charge is 2.16. The first-order valence-corrected chi connectivity index (χ1v) is 9.23. The Morgan fingerprint density at radius 1 is 1.00 bits per heavy atom. The lowest BCUT2D eigenvalue weighted by atomic mass is 10.1. The zero-order valence-electron chi connectivity index (χ0n) is 15.2. The standard InChI is InChI=1S/C21H23N3O3/c25-20(16-24-13-5-2-6-14-24)23-22-15-17-9-11-19(12-10-17)27-21(26)18-7-3-1-4-8-18/h1,3-4,7-12,15H,2,5-6,13-14,16H2,(H,23,25)/p+1/b22-15-. The number of quaternary nitrogens is 1. The first-order chi connectivity index (χ1) is 13.2. The zero-order chi connectivity index (χ0) is 18.9. The number of ether oxygens (including phenoxy) is 1. The number of nitrogens with zero attached hydrogens (tertiary/aromatic N) is 1. The van der Waals surface area contributed by atoms with E-state index < -0.39 is 5.97 Å². The molecule has 0 aliphatic carbocycles. The molecule has 6 heteroatoms. The van der Waals surface area contributed by atoms with Crippen LogP contribution in [0, 0.1) is 0 Å². The predicted molar refractivity (Wildman–Crippen MR) is 103 cm³/mol. The van der Waals surface area contributed by atoms with Crippen LogP contribution in [0.15, 0.2) is 59.7 Å². The number of benzene rings is 2. The number of rotatable bonds is 6. The minimum atomic E-state index is -0.399. The maximum Gasteiger partial charge on any atom is 0.343 e. The second-order valence-corrected chi connectivity index (χ2v) is 6.61. The summed E-state index contributed by atoms with van der Waals surface area (Å²) < 4.78 is 5.33. The number of carbonyl (C=O) groups excluding carboxylic acids is 2. The Balaban J connectivity index is 1.46. The monoisotopic (exact) mass is 366 g/mol. The number of carbonyl (C=O) groups is 2. The van der Waals surface area contributed by atoms with Crippen LogP contribution in [-0.4, -0.2) is 37.7 Å². The Labute approximate surface area is 158 Å². The van der Waals surface area contributed by atoms with Crippen molar-refractivity contribution >= 4 is 18.1 Å². The molecular weight excluding hydrogens is 342 g/mol. The van der Waals surface area contributed by atoms with Crippen LogP contribution in [-0.2, 0) is 4.79 Å². The Morgan fingerprint density at radius 2 is 1.70 bits per heavy atom. The maximum absolute atomic E-state index is 12.0. The van der Waals surface area contributed by atoms with Gasteiger partial charge in [-0.1, -0.05) is 18.2 Å². The van der Waals surface area contributed by atoms with E-state index in [2.05, 4.69) is 10.5 Å². The van der Waals surface area contributed by atoms with Crippen LogP contribution in [0.5, 0.6) is 5.75 Å². The van der Waals surface area contributed by atoms with Crippen LogP contribution in [0.1, 0.15) is 35.2 Å². The topological polar surface area (TPSA) is 72.2 Å². The normalized spacial score (nSPS) is 14.8. The lowest BCUT2D eigenvalue weighted by Gasteiger charge is -2.22. The van der Waals surface area contributed by atoms with Gasteiger partial charge < -0.3 is 9.64 Å². The molecule has 2 aromatic rings. The number of hydrogen-bond acceptors (Lipinski definition) is 4. The van der Waals surface area contributed by atoms with Crippen molar-refractivity contribution in [3.05, 3.63) is 65.7 Å². The third-order valence-electron chi connectivity index (χ3n) is 4.47. The highest BCUT2D eigenvalue weighted by molar-refractivity contribution is 5.91. The smallest absolute Gasteiger partial charge is 0.343 e. The molecule has 0 unspecified atom stereocenters. The van der Waals surface area contributed by atoms with Crippen LogP contribution < -0.4 is 15.1 Å². The second kappa shape index (κ2) is 9.64. The molecule has 2 aromatic carbocycles. The Bertz CT molecular complexity index is 782. The van der Waals surface area contributed by atoms with Crippen molar-refractivity contribution in [1.82, 2.24) is 5.43 Å². The average molecular weight is 366 g/mol. The number of hydrazone groups is 1. The fourth-order valence-electron chi connectivity index (χ4n) is 3.04. The summed E-state index contributed by atoms with van der Waals surface area (Å²) >= 11 is 0. The molecule has 1 aliphatic heterocycles. The molecule has 3 rings (SSSR count). The molecule has 0 aromatic heterocycles. The van der Waals surface area contributed by atoms with Gasteiger partial charge in [0.1, 0.15) is 5.75 Å². The first-order valence-electron chi connectivity index (χ1n) is 9.23. The van der Waals surface area contributed by atoms with E-state index in [1.165, 1.54) is 24.2 Å². The number of piperidine rings is 1. The quantitative estimate of drug-likeness (QED) is 0.352. The summed E-state index contributed by atoms with van der Waals surface area (Å²) in [4.78, 5) is 25.2. The van der Waals surface area contributed by atoms with Gasteiger partial charge in [0.15, 0.2) is 6.54 Å². The van der Waals surface area contributed by atoms with E-state index in [9.17, 15) is 9.59 Å². The summed E-state index contributed by atoms with van der Waals surface area (Å²) in [7, 11) is 0. The van der Waals surface area contributed by atoms with Crippen molar-refractivity contribution in [3.63, 3.8) is 0 Å². The molecule has 0 atom stereocenters. The number of likely N-dealkylation sites (tertiary alicyclic amines) is 1. The van der Waals surface area contributed by atoms with Crippen molar-refractivity contribution in [2.45, 2.75) is 19.3 Å². The average Bonchev–Trinajstić information content (AvgIpc) is 2.71. The third-order valence-corrected chi connectivity index (χ3v) is 4.47. The molecule has 1 heterocycles. The van der Waals surface area contributed by atoms with Crippen LogP contribution in [0.3, 0.4) is 0 Å². The van der Waals surface area contributed by atoms with Crippen LogP contribution in [0.25, 0.3) is 0 Å². The summed E-state index contributed by atoms with van der Waals surface area (Å²) in [5, 5.41) is 4.00. The predicted octanol–water partition coefficient (Wildman–Crippen LogP) is 1.42. The molecule has 27 heavy (non-hydrogen) atoms. The lowest BCUT2D eigenvalue weighted by Crippen LogP contribution is -3.13. The van der Waals surface area contributed by atoms with E-state index in [0.717, 1.165) is 18.7 Å². The van der Waals surface area contributed by atoms with E-state index in [4.69, 9.17) is 4.74 Å². The fraction of sp³-hybridized carbons (Fsp3) is 0.286. The Kier molecular flexibility index (Phi) is 6.71. The number of amides is 1. The fourth-order valence-corrected chi connectivity index (χ4v) is 3.04. The van der Waals surface area contributed by atoms with Gasteiger partial charge in [0.2, 0.25) is 0 Å². The highest BCUT2D eigenvalue weighted by atomic mass is 16.5. The van der Waals surface area contributed by atoms with Gasteiger partial charge in [0.25, 0.3) is 5.91 Å². The summed E-state index contributed by atoms with van der Waals surface area (Å²) in [6.07, 6.45) is 5.21. The van der Waals surface area contributed by atoms with Crippen molar-refractivity contribution < 1.29 is 19.2 Å². The van der Waals surface area contributed by atoms with Gasteiger partial charge in [-0.3, -0.25) is 4.79 Å². The molecule has 0 saturated carbocycles. The largest absolute Gasteiger partial charge is 0.423 e. The van der Waals surface area contributed by atoms with Gasteiger partial charge in [-0.15, -0.1) is 0 Å². The molecule has 1 saturated heterocycles. The molecule has 2 N–H and O–H groups in total. The molecule has 1 amide bonds. The van der Waals surface area contributed by atoms with Crippen LogP contribution in [0.2, 0.25) is 0 Å². The number of nitrogens with one attached hydrogen (secondary N) is 2. The van der Waals surface area contributed by atoms with Crippen molar-refractivity contribution in [1.29, 1.82) is 0 Å². The highest BCUT2D eigenvalue weighted by Crippen LogP contribution is 2.13. The van der Waals surface area contributed by atoms with Crippen molar-refractivity contribution in [2.24, 2.45) is 5.10 Å². The first kappa shape index (κ1) is 18.8. The van der Waals surface area contributed by atoms with Crippen molar-refractivity contribution in [3.8, 4) is 5.75 Å². The summed E-state index contributed by atoms with van der Waals surface area (Å²) in [6.45, 7) is 2.58. The summed E-state index contributed by atoms with van der Waals surface area (Å²) in [5.74, 6) is -0.0141. The van der Waals surface area contributed by atoms with E-state index in [1.54, 1.807) is 54.7 Å². The van der Waals surface area contributed by atoms with Crippen molar-refractivity contribution in [2.75, 3.05) is 19.6 Å². The minimum absolute atomic E-state index is 0.0726. The molecule has 1 fully saturated rings. The van der Waals surface area contributed by atoms with Gasteiger partial charge in [-0.05, 0) is 61.2 Å². The molecule has 1 aliphatic rings. The molecule has 140 valence electrons. The SMILES string of the molecule is O=C(C[NH+]1CCCCC1)N/N=C\c1ccc(OC(=O)c2ccccc2)cc1. The second-order valence-electron chi connectivity index (χ2n) is 6.61. The van der Waals surface area contributed by atoms with E-state index >= 15 is 0 Å². The maximum atomic E-state index is 12.0. The van der Waals surface area contributed by atoms with Crippen LogP contribution in [0.4, 0.5) is 0 Å². The van der Waals surface area contributed by atoms with E-state index in [1.807, 2.05) is 6.07 Å². The van der Waals surface area contributed by atoms with Gasteiger partial charge in [-0.25, -0.2) is 10.2 Å². The minimum Gasteiger partial charge on any atom is -0.423 e. The molecule has 0 spiro atoms. The van der Waals surface area contributed by atoms with Gasteiger partial charge >= 0.3 is 5.97 Å². The molecule has 6 nitrogen and oxygen atoms in total. The molecular formula is C21H24N3O3+. The number of esters is 1. The summed E-state index contributed by atoms with van der Waals surface area (Å²) in [5.41, 5.74) is 3.88. The van der Waals surface area contributed by atoms with Gasteiger partial charge in [0.05, 0.1) is 24.9 Å². The lowest BCUT2D eigenvalue weighted by molar-refractivity contribution is -0.896. The molecule has 0 bridgehead atoms. The third kappa shape index (κ3) is 6.04. The van der Waals surface area contributed by atoms with Gasteiger partial charge in [-0.2, -0.15) is 5.10 Å². The van der Waals surface area contributed by atoms with Gasteiger partial charge in [0, 0.05) is 0 Å².